The molecule has 1 saturated heterocycles. The van der Waals surface area contributed by atoms with Crippen molar-refractivity contribution in [2.75, 3.05) is 12.0 Å². The number of rotatable bonds is 4. The molecule has 1 aliphatic rings. The number of Topliss-reactive ketones (excluding diaryl/α,β-unsaturated/α-hetero) is 1. The fourth-order valence-electron chi connectivity index (χ4n) is 3.67. The lowest BCUT2D eigenvalue weighted by atomic mass is 9.94. The molecule has 3 aromatic rings. The van der Waals surface area contributed by atoms with Gasteiger partial charge in [0.2, 0.25) is 0 Å². The Balaban J connectivity index is 2.01. The molecule has 1 fully saturated rings. The maximum absolute atomic E-state index is 14.9. The number of halogens is 3. The maximum Gasteiger partial charge on any atom is 0.300 e. The van der Waals surface area contributed by atoms with Gasteiger partial charge < -0.3 is 9.84 Å². The Kier molecular flexibility index (Phi) is 5.91. The van der Waals surface area contributed by atoms with Gasteiger partial charge in [0, 0.05) is 21.8 Å². The summed E-state index contributed by atoms with van der Waals surface area (Å²) in [6.45, 7) is 0. The van der Waals surface area contributed by atoms with Gasteiger partial charge in [-0.1, -0.05) is 47.5 Å². The number of ketones is 1. The summed E-state index contributed by atoms with van der Waals surface area (Å²) in [4.78, 5) is 27.3. The molecule has 0 spiro atoms. The third kappa shape index (κ3) is 3.72. The zero-order valence-corrected chi connectivity index (χ0v) is 18.2. The number of carbonyl (C=O) groups is 2. The number of hydrogen-bond acceptors (Lipinski definition) is 4. The first-order valence-corrected chi connectivity index (χ1v) is 10.2. The third-order valence-electron chi connectivity index (χ3n) is 5.16. The van der Waals surface area contributed by atoms with E-state index in [1.54, 1.807) is 30.3 Å². The molecule has 32 heavy (non-hydrogen) atoms. The van der Waals surface area contributed by atoms with Crippen LogP contribution in [0.2, 0.25) is 10.0 Å². The van der Waals surface area contributed by atoms with Crippen molar-refractivity contribution in [1.29, 1.82) is 0 Å². The van der Waals surface area contributed by atoms with Crippen molar-refractivity contribution in [2.45, 2.75) is 6.04 Å². The summed E-state index contributed by atoms with van der Waals surface area (Å²) in [5.41, 5.74) is 0.0996. The highest BCUT2D eigenvalue weighted by atomic mass is 35.5. The number of carbonyl (C=O) groups excluding carboxylic acids is 2. The fourth-order valence-corrected chi connectivity index (χ4v) is 4.07. The highest BCUT2D eigenvalue weighted by molar-refractivity contribution is 6.52. The Morgan fingerprint density at radius 1 is 1.03 bits per heavy atom. The summed E-state index contributed by atoms with van der Waals surface area (Å²) in [6, 6.07) is 15.3. The van der Waals surface area contributed by atoms with Crippen molar-refractivity contribution in [1.82, 2.24) is 0 Å². The van der Waals surface area contributed by atoms with E-state index >= 15 is 0 Å². The van der Waals surface area contributed by atoms with E-state index in [0.717, 1.165) is 4.90 Å². The van der Waals surface area contributed by atoms with Crippen LogP contribution in [0.4, 0.5) is 10.1 Å². The molecule has 1 N–H and O–H groups in total. The Morgan fingerprint density at radius 3 is 2.47 bits per heavy atom. The van der Waals surface area contributed by atoms with E-state index in [4.69, 9.17) is 27.9 Å². The average Bonchev–Trinajstić information content (AvgIpc) is 3.04. The lowest BCUT2D eigenvalue weighted by Crippen LogP contribution is -2.29. The second-order valence-corrected chi connectivity index (χ2v) is 7.86. The minimum Gasteiger partial charge on any atom is -0.507 e. The highest BCUT2D eigenvalue weighted by Gasteiger charge is 2.48. The number of aliphatic hydroxyl groups excluding tert-OH is 1. The van der Waals surface area contributed by atoms with E-state index in [2.05, 4.69) is 0 Å². The largest absolute Gasteiger partial charge is 0.507 e. The van der Waals surface area contributed by atoms with Gasteiger partial charge in [-0.2, -0.15) is 0 Å². The zero-order chi connectivity index (χ0) is 23.0. The van der Waals surface area contributed by atoms with Crippen LogP contribution in [-0.4, -0.2) is 23.9 Å². The minimum atomic E-state index is -1.24. The van der Waals surface area contributed by atoms with Gasteiger partial charge in [-0.05, 0) is 42.5 Å². The molecule has 1 unspecified atom stereocenters. The molecule has 162 valence electrons. The van der Waals surface area contributed by atoms with Gasteiger partial charge in [0.15, 0.2) is 0 Å². The van der Waals surface area contributed by atoms with Gasteiger partial charge in [-0.3, -0.25) is 14.5 Å². The highest BCUT2D eigenvalue weighted by Crippen LogP contribution is 2.44. The number of hydrogen-bond donors (Lipinski definition) is 1. The smallest absolute Gasteiger partial charge is 0.300 e. The summed E-state index contributed by atoms with van der Waals surface area (Å²) < 4.78 is 20.1. The predicted octanol–water partition coefficient (Wildman–Crippen LogP) is 5.77. The van der Waals surface area contributed by atoms with Crippen LogP contribution in [0.25, 0.3) is 5.76 Å². The third-order valence-corrected chi connectivity index (χ3v) is 5.72. The lowest BCUT2D eigenvalue weighted by molar-refractivity contribution is -0.132. The van der Waals surface area contributed by atoms with Crippen LogP contribution >= 0.6 is 23.2 Å². The SMILES string of the molecule is COc1ccc(Cl)c(/C(O)=C2\C(=O)C(=O)N(c3cccc(Cl)c3)C2c2ccccc2F)c1. The van der Waals surface area contributed by atoms with Crippen LogP contribution in [0, 0.1) is 5.82 Å². The quantitative estimate of drug-likeness (QED) is 0.298. The number of ether oxygens (including phenoxy) is 1. The summed E-state index contributed by atoms with van der Waals surface area (Å²) in [5, 5.41) is 11.6. The van der Waals surface area contributed by atoms with E-state index in [-0.39, 0.29) is 27.4 Å². The molecule has 0 saturated carbocycles. The van der Waals surface area contributed by atoms with Crippen LogP contribution in [0.1, 0.15) is 17.2 Å². The van der Waals surface area contributed by atoms with Crippen molar-refractivity contribution in [3.05, 3.63) is 99.3 Å². The monoisotopic (exact) mass is 471 g/mol. The molecule has 0 aromatic heterocycles. The van der Waals surface area contributed by atoms with E-state index in [9.17, 15) is 19.1 Å². The van der Waals surface area contributed by atoms with Gasteiger partial charge in [0.1, 0.15) is 17.3 Å². The molecule has 1 heterocycles. The lowest BCUT2D eigenvalue weighted by Gasteiger charge is -2.26. The maximum atomic E-state index is 14.9. The van der Waals surface area contributed by atoms with Gasteiger partial charge in [0.05, 0.1) is 23.7 Å². The number of aliphatic hydroxyl groups is 1. The zero-order valence-electron chi connectivity index (χ0n) is 16.7. The van der Waals surface area contributed by atoms with Crippen LogP contribution in [-0.2, 0) is 9.59 Å². The predicted molar refractivity (Wildman–Crippen MR) is 121 cm³/mol. The average molecular weight is 472 g/mol. The standard InChI is InChI=1S/C24H16Cl2FNO4/c1-32-15-9-10-18(26)17(12-15)22(29)20-21(16-7-2-3-8-19(16)27)28(24(31)23(20)30)14-6-4-5-13(25)11-14/h2-12,21,29H,1H3/b22-20+. The number of benzene rings is 3. The Bertz CT molecular complexity index is 1270. The number of amides is 1. The van der Waals surface area contributed by atoms with Crippen molar-refractivity contribution < 1.29 is 23.8 Å². The molecule has 0 radical (unpaired) electrons. The molecule has 8 heteroatoms. The number of methoxy groups -OCH3 is 1. The summed E-state index contributed by atoms with van der Waals surface area (Å²) in [5.74, 6) is -2.71. The molecule has 1 atom stereocenters. The van der Waals surface area contributed by atoms with E-state index < -0.39 is 29.3 Å². The molecule has 3 aromatic carbocycles. The molecule has 0 aliphatic carbocycles. The molecule has 5 nitrogen and oxygen atoms in total. The van der Waals surface area contributed by atoms with Gasteiger partial charge in [-0.25, -0.2) is 4.39 Å². The van der Waals surface area contributed by atoms with E-state index in [0.29, 0.717) is 10.8 Å². The second kappa shape index (κ2) is 8.65. The molecule has 1 aliphatic heterocycles. The summed E-state index contributed by atoms with van der Waals surface area (Å²) in [7, 11) is 1.44. The van der Waals surface area contributed by atoms with Crippen molar-refractivity contribution in [3.63, 3.8) is 0 Å². The Hall–Kier alpha value is -3.35. The molecule has 4 rings (SSSR count). The summed E-state index contributed by atoms with van der Waals surface area (Å²) in [6.07, 6.45) is 0. The Labute approximate surface area is 193 Å². The second-order valence-electron chi connectivity index (χ2n) is 7.02. The molecular weight excluding hydrogens is 456 g/mol. The number of nitrogens with zero attached hydrogens (tertiary/aromatic N) is 1. The van der Waals surface area contributed by atoms with Gasteiger partial charge >= 0.3 is 0 Å². The molecule has 0 bridgehead atoms. The van der Waals surface area contributed by atoms with Gasteiger partial charge in [0.25, 0.3) is 11.7 Å². The van der Waals surface area contributed by atoms with Crippen LogP contribution in [0.15, 0.2) is 72.3 Å². The first kappa shape index (κ1) is 21.9. The van der Waals surface area contributed by atoms with E-state index in [1.807, 2.05) is 0 Å². The first-order valence-electron chi connectivity index (χ1n) is 9.48. The molecule has 1 amide bonds. The van der Waals surface area contributed by atoms with Crippen molar-refractivity contribution in [2.24, 2.45) is 0 Å². The van der Waals surface area contributed by atoms with Crippen molar-refractivity contribution in [3.8, 4) is 5.75 Å². The topological polar surface area (TPSA) is 66.8 Å². The minimum absolute atomic E-state index is 0.0345. The van der Waals surface area contributed by atoms with Crippen LogP contribution < -0.4 is 9.64 Å². The molecular formula is C24H16Cl2FNO4. The van der Waals surface area contributed by atoms with E-state index in [1.165, 1.54) is 43.5 Å². The van der Waals surface area contributed by atoms with Crippen molar-refractivity contribution >= 4 is 46.3 Å². The van der Waals surface area contributed by atoms with Crippen LogP contribution in [0.5, 0.6) is 5.75 Å². The van der Waals surface area contributed by atoms with Crippen LogP contribution in [0.3, 0.4) is 0 Å². The fraction of sp³-hybridized carbons (Fsp3) is 0.0833. The normalized spacial score (nSPS) is 17.6. The first-order chi connectivity index (χ1) is 15.3. The number of anilines is 1. The van der Waals surface area contributed by atoms with Gasteiger partial charge in [-0.15, -0.1) is 0 Å². The summed E-state index contributed by atoms with van der Waals surface area (Å²) >= 11 is 12.4. The Morgan fingerprint density at radius 2 is 1.78 bits per heavy atom.